The summed E-state index contributed by atoms with van der Waals surface area (Å²) in [5, 5.41) is 12.4. The summed E-state index contributed by atoms with van der Waals surface area (Å²) in [5.74, 6) is -0.131. The number of thioether (sulfide) groups is 1. The van der Waals surface area contributed by atoms with Crippen molar-refractivity contribution in [3.8, 4) is 0 Å². The van der Waals surface area contributed by atoms with Crippen molar-refractivity contribution in [2.45, 2.75) is 18.5 Å². The molecule has 6 heteroatoms. The smallest absolute Gasteiger partial charge is 0.327 e. The first-order valence-corrected chi connectivity index (χ1v) is 7.76. The van der Waals surface area contributed by atoms with Gasteiger partial charge in [0.2, 0.25) is 5.91 Å². The van der Waals surface area contributed by atoms with Gasteiger partial charge in [0, 0.05) is 12.3 Å². The Labute approximate surface area is 121 Å². The molecule has 2 heterocycles. The highest BCUT2D eigenvalue weighted by atomic mass is 32.2. The number of benzene rings is 1. The lowest BCUT2D eigenvalue weighted by molar-refractivity contribution is -0.148. The Balaban J connectivity index is 1.87. The van der Waals surface area contributed by atoms with E-state index in [4.69, 9.17) is 0 Å². The third-order valence-corrected chi connectivity index (χ3v) is 4.82. The van der Waals surface area contributed by atoms with Gasteiger partial charge in [-0.3, -0.25) is 4.79 Å². The molecule has 1 aromatic rings. The van der Waals surface area contributed by atoms with Crippen LogP contribution in [0.2, 0.25) is 0 Å². The summed E-state index contributed by atoms with van der Waals surface area (Å²) >= 11 is 1.49. The highest BCUT2D eigenvalue weighted by molar-refractivity contribution is 7.99. The monoisotopic (exact) mass is 292 g/mol. The number of carbonyl (C=O) groups is 2. The summed E-state index contributed by atoms with van der Waals surface area (Å²) in [4.78, 5) is 25.4. The van der Waals surface area contributed by atoms with E-state index in [0.29, 0.717) is 11.6 Å². The second kappa shape index (κ2) is 5.46. The number of fused-ring (bicyclic) bond motifs is 1. The highest BCUT2D eigenvalue weighted by Gasteiger charge is 2.39. The van der Waals surface area contributed by atoms with Gasteiger partial charge in [-0.2, -0.15) is 0 Å². The van der Waals surface area contributed by atoms with Gasteiger partial charge in [0.15, 0.2) is 0 Å². The van der Waals surface area contributed by atoms with Crippen LogP contribution >= 0.6 is 11.8 Å². The van der Waals surface area contributed by atoms with Crippen molar-refractivity contribution in [1.29, 1.82) is 0 Å². The van der Waals surface area contributed by atoms with Gasteiger partial charge in [-0.15, -0.1) is 11.8 Å². The van der Waals surface area contributed by atoms with E-state index >= 15 is 0 Å². The van der Waals surface area contributed by atoms with E-state index < -0.39 is 18.1 Å². The van der Waals surface area contributed by atoms with E-state index in [9.17, 15) is 14.7 Å². The average Bonchev–Trinajstić information content (AvgIpc) is 2.95. The van der Waals surface area contributed by atoms with Gasteiger partial charge in [-0.25, -0.2) is 4.79 Å². The number of nitrogens with one attached hydrogen (secondary N) is 1. The first-order chi connectivity index (χ1) is 9.68. The van der Waals surface area contributed by atoms with Crippen LogP contribution in [0.5, 0.6) is 0 Å². The zero-order valence-electron chi connectivity index (χ0n) is 10.9. The summed E-state index contributed by atoms with van der Waals surface area (Å²) in [7, 11) is 0. The average molecular weight is 292 g/mol. The zero-order chi connectivity index (χ0) is 14.1. The van der Waals surface area contributed by atoms with Crippen molar-refractivity contribution in [3.63, 3.8) is 0 Å². The molecule has 1 amide bonds. The normalized spacial score (nSPS) is 25.3. The number of nitrogens with zero attached hydrogens (tertiary/aromatic N) is 1. The van der Waals surface area contributed by atoms with Crippen molar-refractivity contribution in [2.24, 2.45) is 0 Å². The highest BCUT2D eigenvalue weighted by Crippen LogP contribution is 2.29. The van der Waals surface area contributed by atoms with E-state index in [1.807, 2.05) is 24.3 Å². The lowest BCUT2D eigenvalue weighted by Crippen LogP contribution is -2.48. The van der Waals surface area contributed by atoms with Gasteiger partial charge < -0.3 is 15.3 Å². The maximum Gasteiger partial charge on any atom is 0.327 e. The summed E-state index contributed by atoms with van der Waals surface area (Å²) in [6, 6.07) is 6.74. The Morgan fingerprint density at radius 2 is 2.15 bits per heavy atom. The first kappa shape index (κ1) is 13.5. The molecule has 0 spiro atoms. The fourth-order valence-electron chi connectivity index (χ4n) is 2.76. The molecule has 2 atom stereocenters. The number of carboxylic acids is 1. The van der Waals surface area contributed by atoms with Gasteiger partial charge in [0.25, 0.3) is 0 Å². The van der Waals surface area contributed by atoms with E-state index in [-0.39, 0.29) is 5.91 Å². The van der Waals surface area contributed by atoms with Crippen molar-refractivity contribution in [3.05, 3.63) is 35.4 Å². The Morgan fingerprint density at radius 3 is 2.95 bits per heavy atom. The predicted molar refractivity (Wildman–Crippen MR) is 76.5 cm³/mol. The van der Waals surface area contributed by atoms with Gasteiger partial charge >= 0.3 is 5.97 Å². The third-order valence-electron chi connectivity index (χ3n) is 3.81. The van der Waals surface area contributed by atoms with Crippen LogP contribution in [0.15, 0.2) is 24.3 Å². The summed E-state index contributed by atoms with van der Waals surface area (Å²) in [6.07, 6.45) is 0.900. The van der Waals surface area contributed by atoms with E-state index in [2.05, 4.69) is 5.32 Å². The Bertz CT molecular complexity index is 549. The lowest BCUT2D eigenvalue weighted by Gasteiger charge is -2.30. The van der Waals surface area contributed by atoms with Crippen LogP contribution in [-0.2, 0) is 16.0 Å². The lowest BCUT2D eigenvalue weighted by atomic mass is 9.93. The molecule has 1 aromatic carbocycles. The van der Waals surface area contributed by atoms with Crippen LogP contribution < -0.4 is 5.32 Å². The van der Waals surface area contributed by atoms with Crippen LogP contribution in [0.1, 0.15) is 17.2 Å². The molecule has 3 rings (SSSR count). The van der Waals surface area contributed by atoms with Crippen LogP contribution in [0, 0.1) is 0 Å². The van der Waals surface area contributed by atoms with E-state index in [1.54, 1.807) is 0 Å². The molecule has 0 aliphatic carbocycles. The zero-order valence-corrected chi connectivity index (χ0v) is 11.7. The minimum Gasteiger partial charge on any atom is -0.480 e. The minimum absolute atomic E-state index is 0.130. The molecule has 20 heavy (non-hydrogen) atoms. The van der Waals surface area contributed by atoms with E-state index in [0.717, 1.165) is 18.5 Å². The number of hydrogen-bond donors (Lipinski definition) is 2. The molecule has 0 saturated carbocycles. The maximum absolute atomic E-state index is 12.7. The SMILES string of the molecule is O=C(O)C1CSCN1C(=O)C1NCCc2ccccc21. The summed E-state index contributed by atoms with van der Waals surface area (Å²) < 4.78 is 0. The van der Waals surface area contributed by atoms with Crippen molar-refractivity contribution in [2.75, 3.05) is 18.2 Å². The number of carbonyl (C=O) groups excluding carboxylic acids is 1. The first-order valence-electron chi connectivity index (χ1n) is 6.60. The van der Waals surface area contributed by atoms with Crippen molar-refractivity contribution < 1.29 is 14.7 Å². The largest absolute Gasteiger partial charge is 0.480 e. The predicted octanol–water partition coefficient (Wildman–Crippen LogP) is 0.859. The molecule has 2 aliphatic heterocycles. The quantitative estimate of drug-likeness (QED) is 0.846. The number of hydrogen-bond acceptors (Lipinski definition) is 4. The van der Waals surface area contributed by atoms with Gasteiger partial charge in [-0.05, 0) is 17.5 Å². The number of rotatable bonds is 2. The molecular weight excluding hydrogens is 276 g/mol. The number of aliphatic carboxylic acids is 1. The van der Waals surface area contributed by atoms with Crippen molar-refractivity contribution in [1.82, 2.24) is 10.2 Å². The fourth-order valence-corrected chi connectivity index (χ4v) is 3.91. The Hall–Kier alpha value is -1.53. The maximum atomic E-state index is 12.7. The van der Waals surface area contributed by atoms with Gasteiger partial charge in [0.05, 0.1) is 5.88 Å². The Kier molecular flexibility index (Phi) is 3.67. The molecule has 1 fully saturated rings. The van der Waals surface area contributed by atoms with Gasteiger partial charge in [-0.1, -0.05) is 24.3 Å². The van der Waals surface area contributed by atoms with Gasteiger partial charge in [0.1, 0.15) is 12.1 Å². The Morgan fingerprint density at radius 1 is 1.35 bits per heavy atom. The minimum atomic E-state index is -0.924. The number of carboxylic acid groups (broad SMARTS) is 1. The molecule has 0 aromatic heterocycles. The van der Waals surface area contributed by atoms with Crippen LogP contribution in [0.3, 0.4) is 0 Å². The van der Waals surface area contributed by atoms with Crippen LogP contribution in [-0.4, -0.2) is 46.1 Å². The molecular formula is C14H16N2O3S. The molecule has 106 valence electrons. The third kappa shape index (κ3) is 2.29. The molecule has 0 radical (unpaired) electrons. The van der Waals surface area contributed by atoms with Crippen LogP contribution in [0.25, 0.3) is 0 Å². The second-order valence-corrected chi connectivity index (χ2v) is 6.00. The standard InChI is InChI=1S/C14H16N2O3S/c17-13(16-8-20-7-11(16)14(18)19)12-10-4-2-1-3-9(10)5-6-15-12/h1-4,11-12,15H,5-8H2,(H,18,19). The van der Waals surface area contributed by atoms with Crippen molar-refractivity contribution >= 4 is 23.6 Å². The molecule has 5 nitrogen and oxygen atoms in total. The molecule has 0 bridgehead atoms. The second-order valence-electron chi connectivity index (χ2n) is 5.00. The summed E-state index contributed by atoms with van der Waals surface area (Å²) in [5.41, 5.74) is 2.15. The molecule has 2 N–H and O–H groups in total. The molecule has 1 saturated heterocycles. The molecule has 2 unspecified atom stereocenters. The van der Waals surface area contributed by atoms with Crippen LogP contribution in [0.4, 0.5) is 0 Å². The summed E-state index contributed by atoms with van der Waals surface area (Å²) in [6.45, 7) is 0.742. The number of amides is 1. The van der Waals surface area contributed by atoms with E-state index in [1.165, 1.54) is 22.2 Å². The molecule has 2 aliphatic rings. The fraction of sp³-hybridized carbons (Fsp3) is 0.429. The topological polar surface area (TPSA) is 69.6 Å².